The van der Waals surface area contributed by atoms with Crippen molar-refractivity contribution in [2.45, 2.75) is 97.3 Å². The molecule has 0 spiro atoms. The molecule has 0 saturated heterocycles. The van der Waals surface area contributed by atoms with Gasteiger partial charge in [0.2, 0.25) is 0 Å². The minimum absolute atomic E-state index is 0.0948. The van der Waals surface area contributed by atoms with Gasteiger partial charge in [0.15, 0.2) is 0 Å². The molecule has 2 aromatic rings. The predicted octanol–water partition coefficient (Wildman–Crippen LogP) is 8.19. The number of carboxylic acids is 2. The molecule has 0 aromatic heterocycles. The monoisotopic (exact) mass is 570 g/mol. The first kappa shape index (κ1) is 35.3. The average molecular weight is 571 g/mol. The Morgan fingerprint density at radius 2 is 0.829 bits per heavy atom. The average Bonchev–Trinajstić information content (AvgIpc) is 2.98. The second-order valence-electron chi connectivity index (χ2n) is 9.93. The molecular formula is C33H46O8. The van der Waals surface area contributed by atoms with Crippen LogP contribution in [0.3, 0.4) is 0 Å². The summed E-state index contributed by atoms with van der Waals surface area (Å²) in [7, 11) is 0. The Labute approximate surface area is 244 Å². The first-order valence-corrected chi connectivity index (χ1v) is 14.8. The van der Waals surface area contributed by atoms with E-state index in [2.05, 4.69) is 13.8 Å². The van der Waals surface area contributed by atoms with Crippen LogP contribution < -0.4 is 0 Å². The van der Waals surface area contributed by atoms with Crippen LogP contribution in [0.5, 0.6) is 0 Å². The third kappa shape index (κ3) is 16.2. The van der Waals surface area contributed by atoms with Gasteiger partial charge in [0.25, 0.3) is 0 Å². The summed E-state index contributed by atoms with van der Waals surface area (Å²) in [6.45, 7) is 5.14. The van der Waals surface area contributed by atoms with E-state index in [1.54, 1.807) is 24.3 Å². The highest BCUT2D eigenvalue weighted by Gasteiger charge is 2.11. The summed E-state index contributed by atoms with van der Waals surface area (Å²) in [5.41, 5.74) is 0.770. The number of rotatable bonds is 19. The number of esters is 2. The minimum atomic E-state index is -1.05. The number of ether oxygens (including phenoxy) is 2. The molecule has 0 unspecified atom stereocenters. The quantitative estimate of drug-likeness (QED) is 0.128. The van der Waals surface area contributed by atoms with Crippen LogP contribution in [-0.2, 0) is 9.47 Å². The lowest BCUT2D eigenvalue weighted by Crippen LogP contribution is -2.08. The molecule has 2 rings (SSSR count). The molecule has 226 valence electrons. The molecule has 2 N–H and O–H groups in total. The summed E-state index contributed by atoms with van der Waals surface area (Å²) in [6.07, 6.45) is 15.0. The van der Waals surface area contributed by atoms with E-state index in [1.165, 1.54) is 75.6 Å². The molecule has 0 fully saturated rings. The van der Waals surface area contributed by atoms with E-state index in [4.69, 9.17) is 19.7 Å². The van der Waals surface area contributed by atoms with Gasteiger partial charge in [0, 0.05) is 0 Å². The first-order chi connectivity index (χ1) is 19.8. The molecule has 0 aliphatic heterocycles. The highest BCUT2D eigenvalue weighted by molar-refractivity contribution is 5.95. The lowest BCUT2D eigenvalue weighted by Gasteiger charge is -2.05. The number of carbonyl (C=O) groups excluding carboxylic acids is 2. The van der Waals surface area contributed by atoms with Crippen molar-refractivity contribution in [1.29, 1.82) is 0 Å². The summed E-state index contributed by atoms with van der Waals surface area (Å²) in [4.78, 5) is 45.1. The van der Waals surface area contributed by atoms with Gasteiger partial charge in [-0.1, -0.05) is 96.6 Å². The van der Waals surface area contributed by atoms with E-state index in [0.717, 1.165) is 32.1 Å². The predicted molar refractivity (Wildman–Crippen MR) is 159 cm³/mol. The molecule has 0 bridgehead atoms. The topological polar surface area (TPSA) is 127 Å². The van der Waals surface area contributed by atoms with Gasteiger partial charge in [-0.3, -0.25) is 0 Å². The lowest BCUT2D eigenvalue weighted by molar-refractivity contribution is 0.0488. The molecule has 0 saturated carbocycles. The van der Waals surface area contributed by atoms with Gasteiger partial charge in [-0.15, -0.1) is 0 Å². The van der Waals surface area contributed by atoms with E-state index >= 15 is 0 Å². The maximum Gasteiger partial charge on any atom is 0.338 e. The molecule has 2 aromatic carbocycles. The van der Waals surface area contributed by atoms with Crippen molar-refractivity contribution in [2.75, 3.05) is 13.2 Å². The van der Waals surface area contributed by atoms with Gasteiger partial charge in [0.1, 0.15) is 0 Å². The third-order valence-corrected chi connectivity index (χ3v) is 6.40. The van der Waals surface area contributed by atoms with Gasteiger partial charge in [-0.05, 0) is 49.2 Å². The molecular weight excluding hydrogens is 524 g/mol. The number of aromatic carboxylic acids is 2. The third-order valence-electron chi connectivity index (χ3n) is 6.40. The van der Waals surface area contributed by atoms with Crippen LogP contribution in [0.15, 0.2) is 48.5 Å². The van der Waals surface area contributed by atoms with Gasteiger partial charge in [0.05, 0.1) is 35.5 Å². The maximum atomic E-state index is 11.8. The fourth-order valence-electron chi connectivity index (χ4n) is 4.00. The number of hydrogen-bond acceptors (Lipinski definition) is 6. The van der Waals surface area contributed by atoms with E-state index in [-0.39, 0.29) is 16.7 Å². The van der Waals surface area contributed by atoms with Gasteiger partial charge in [-0.25, -0.2) is 19.2 Å². The lowest BCUT2D eigenvalue weighted by atomic mass is 10.1. The van der Waals surface area contributed by atoms with Gasteiger partial charge < -0.3 is 19.7 Å². The maximum absolute atomic E-state index is 11.8. The largest absolute Gasteiger partial charge is 0.478 e. The molecule has 8 heteroatoms. The van der Waals surface area contributed by atoms with Crippen LogP contribution in [0.25, 0.3) is 0 Å². The SMILES string of the molecule is CCCCCCCCCCOC(=O)c1cccc(C(=O)O)c1.CCCCCCCOC(=O)c1cccc(C(=O)O)c1. The molecule has 0 aliphatic rings. The van der Waals surface area contributed by atoms with E-state index < -0.39 is 23.9 Å². The molecule has 0 atom stereocenters. The molecule has 0 amide bonds. The van der Waals surface area contributed by atoms with Crippen molar-refractivity contribution < 1.29 is 38.9 Å². The van der Waals surface area contributed by atoms with E-state index in [0.29, 0.717) is 18.8 Å². The van der Waals surface area contributed by atoms with Gasteiger partial charge in [-0.2, -0.15) is 0 Å². The number of unbranched alkanes of at least 4 members (excludes halogenated alkanes) is 11. The zero-order valence-electron chi connectivity index (χ0n) is 24.6. The zero-order chi connectivity index (χ0) is 30.3. The summed E-state index contributed by atoms with van der Waals surface area (Å²) in [6, 6.07) is 11.8. The summed E-state index contributed by atoms with van der Waals surface area (Å²) >= 11 is 0. The second kappa shape index (κ2) is 22.1. The smallest absolute Gasteiger partial charge is 0.338 e. The Bertz CT molecular complexity index is 1060. The Morgan fingerprint density at radius 3 is 1.17 bits per heavy atom. The number of hydrogen-bond donors (Lipinski definition) is 2. The molecule has 0 aliphatic carbocycles. The number of benzene rings is 2. The standard InChI is InChI=1S/C18H26O4.C15H20O4/c1-2-3-4-5-6-7-8-9-13-22-18(21)16-12-10-11-15(14-16)17(19)20;1-2-3-4-5-6-10-19-15(18)13-9-7-8-12(11-13)14(16)17/h10-12,14H,2-9,13H2,1H3,(H,19,20);7-9,11H,2-6,10H2,1H3,(H,16,17). The fraction of sp³-hybridized carbons (Fsp3) is 0.515. The number of carbonyl (C=O) groups is 4. The molecule has 0 radical (unpaired) electrons. The Balaban J connectivity index is 0.000000414. The Kier molecular flexibility index (Phi) is 19.0. The van der Waals surface area contributed by atoms with Crippen molar-refractivity contribution in [3.8, 4) is 0 Å². The highest BCUT2D eigenvalue weighted by atomic mass is 16.5. The summed E-state index contributed by atoms with van der Waals surface area (Å²) in [5.74, 6) is -3.00. The van der Waals surface area contributed by atoms with Crippen LogP contribution >= 0.6 is 0 Å². The van der Waals surface area contributed by atoms with Crippen LogP contribution in [0, 0.1) is 0 Å². The van der Waals surface area contributed by atoms with Crippen LogP contribution in [0.4, 0.5) is 0 Å². The van der Waals surface area contributed by atoms with Crippen LogP contribution in [-0.4, -0.2) is 47.3 Å². The number of carboxylic acid groups (broad SMARTS) is 2. The molecule has 0 heterocycles. The molecule has 41 heavy (non-hydrogen) atoms. The fourth-order valence-corrected chi connectivity index (χ4v) is 4.00. The normalized spacial score (nSPS) is 10.3. The van der Waals surface area contributed by atoms with Crippen molar-refractivity contribution >= 4 is 23.9 Å². The van der Waals surface area contributed by atoms with Crippen LogP contribution in [0.2, 0.25) is 0 Å². The van der Waals surface area contributed by atoms with E-state index in [9.17, 15) is 19.2 Å². The second-order valence-corrected chi connectivity index (χ2v) is 9.93. The van der Waals surface area contributed by atoms with Crippen molar-refractivity contribution in [3.63, 3.8) is 0 Å². The van der Waals surface area contributed by atoms with Crippen molar-refractivity contribution in [1.82, 2.24) is 0 Å². The summed E-state index contributed by atoms with van der Waals surface area (Å²) in [5, 5.41) is 17.7. The Hall–Kier alpha value is -3.68. The first-order valence-electron chi connectivity index (χ1n) is 14.8. The molecule has 8 nitrogen and oxygen atoms in total. The highest BCUT2D eigenvalue weighted by Crippen LogP contribution is 2.11. The summed E-state index contributed by atoms with van der Waals surface area (Å²) < 4.78 is 10.3. The van der Waals surface area contributed by atoms with Crippen molar-refractivity contribution in [3.05, 3.63) is 70.8 Å². The minimum Gasteiger partial charge on any atom is -0.478 e. The van der Waals surface area contributed by atoms with Crippen molar-refractivity contribution in [2.24, 2.45) is 0 Å². The van der Waals surface area contributed by atoms with Crippen LogP contribution in [0.1, 0.15) is 139 Å². The van der Waals surface area contributed by atoms with E-state index in [1.807, 2.05) is 0 Å². The van der Waals surface area contributed by atoms with Gasteiger partial charge >= 0.3 is 23.9 Å². The Morgan fingerprint density at radius 1 is 0.512 bits per heavy atom. The zero-order valence-corrected chi connectivity index (χ0v) is 24.6.